The van der Waals surface area contributed by atoms with E-state index in [1.165, 1.54) is 20.1 Å². The number of aromatic nitrogens is 3. The number of ether oxygens (including phenoxy) is 2. The van der Waals surface area contributed by atoms with Gasteiger partial charge in [0.05, 0.1) is 31.4 Å². The number of amides is 2. The number of hydrogen-bond acceptors (Lipinski definition) is 10. The van der Waals surface area contributed by atoms with Crippen LogP contribution >= 0.6 is 0 Å². The van der Waals surface area contributed by atoms with Crippen LogP contribution in [0.4, 0.5) is 10.7 Å². The van der Waals surface area contributed by atoms with Crippen LogP contribution in [-0.4, -0.2) is 49.6 Å². The van der Waals surface area contributed by atoms with Crippen LogP contribution in [0.2, 0.25) is 0 Å². The van der Waals surface area contributed by atoms with E-state index in [9.17, 15) is 18.0 Å². The Morgan fingerprint density at radius 1 is 1.18 bits per heavy atom. The molecule has 0 bridgehead atoms. The second-order valence-corrected chi connectivity index (χ2v) is 6.72. The highest BCUT2D eigenvalue weighted by Gasteiger charge is 2.26. The number of carbonyl (C=O) groups is 2. The van der Waals surface area contributed by atoms with Gasteiger partial charge >= 0.3 is 18.0 Å². The van der Waals surface area contributed by atoms with Gasteiger partial charge in [0.1, 0.15) is 10.7 Å². The third kappa shape index (κ3) is 4.68. The predicted molar refractivity (Wildman–Crippen MR) is 93.0 cm³/mol. The number of benzene rings is 1. The summed E-state index contributed by atoms with van der Waals surface area (Å²) in [4.78, 5) is 34.7. The summed E-state index contributed by atoms with van der Waals surface area (Å²) in [5.74, 6) is -0.987. The number of anilines is 1. The second kappa shape index (κ2) is 8.27. The molecule has 0 spiro atoms. The lowest BCUT2D eigenvalue weighted by atomic mass is 10.1. The lowest BCUT2D eigenvalue weighted by Gasteiger charge is -2.11. The van der Waals surface area contributed by atoms with E-state index in [-0.39, 0.29) is 28.9 Å². The number of methoxy groups -OCH3 is 2. The minimum absolute atomic E-state index is 0.0359. The fourth-order valence-corrected chi connectivity index (χ4v) is 3.13. The first-order chi connectivity index (χ1) is 13.2. The molecular formula is C15H14N6O6S. The summed E-state index contributed by atoms with van der Waals surface area (Å²) in [5, 5.41) is 11.1. The van der Waals surface area contributed by atoms with Gasteiger partial charge in [0, 0.05) is 0 Å². The summed E-state index contributed by atoms with van der Waals surface area (Å²) < 4.78 is 36.2. The molecule has 0 radical (unpaired) electrons. The quantitative estimate of drug-likeness (QED) is 0.660. The van der Waals surface area contributed by atoms with Gasteiger partial charge in [-0.1, -0.05) is 0 Å². The van der Waals surface area contributed by atoms with Crippen molar-refractivity contribution >= 4 is 28.0 Å². The molecule has 0 fully saturated rings. The standard InChI is InChI=1S/C15H14N6O6S/c1-8-17-13(20-15(18-8)27-3)19-14(23)21-28(24,25)11-6-9(7-16)4-5-10(11)12(22)26-2/h4-6H,1-3H3,(H2,17,18,19,20,21,23). The zero-order valence-corrected chi connectivity index (χ0v) is 15.7. The van der Waals surface area contributed by atoms with Gasteiger partial charge in [-0.2, -0.15) is 20.2 Å². The summed E-state index contributed by atoms with van der Waals surface area (Å²) in [6.07, 6.45) is 0. The lowest BCUT2D eigenvalue weighted by molar-refractivity contribution is 0.0596. The molecule has 2 amide bonds. The average molecular weight is 406 g/mol. The maximum absolute atomic E-state index is 12.6. The monoisotopic (exact) mass is 406 g/mol. The molecule has 0 aliphatic carbocycles. The van der Waals surface area contributed by atoms with Gasteiger partial charge in [-0.3, -0.25) is 5.32 Å². The third-order valence-corrected chi connectivity index (χ3v) is 4.54. The SMILES string of the molecule is COC(=O)c1ccc(C#N)cc1S(=O)(=O)NC(=O)Nc1nc(C)nc(OC)n1. The van der Waals surface area contributed by atoms with Crippen LogP contribution < -0.4 is 14.8 Å². The van der Waals surface area contributed by atoms with Crippen LogP contribution in [-0.2, 0) is 14.8 Å². The smallest absolute Gasteiger partial charge is 0.339 e. The Morgan fingerprint density at radius 3 is 2.50 bits per heavy atom. The predicted octanol–water partition coefficient (Wildman–Crippen LogP) is 0.357. The number of carbonyl (C=O) groups excluding carboxylic acids is 2. The Morgan fingerprint density at radius 2 is 1.89 bits per heavy atom. The summed E-state index contributed by atoms with van der Waals surface area (Å²) in [7, 11) is -2.17. The van der Waals surface area contributed by atoms with Gasteiger partial charge < -0.3 is 9.47 Å². The summed E-state index contributed by atoms with van der Waals surface area (Å²) in [6, 6.07) is 3.76. The number of aryl methyl sites for hydroxylation is 1. The number of rotatable bonds is 5. The van der Waals surface area contributed by atoms with Crippen molar-refractivity contribution in [3.63, 3.8) is 0 Å². The van der Waals surface area contributed by atoms with Crippen LogP contribution in [0.5, 0.6) is 6.01 Å². The van der Waals surface area contributed by atoms with Crippen molar-refractivity contribution in [3.05, 3.63) is 35.2 Å². The molecule has 2 rings (SSSR count). The van der Waals surface area contributed by atoms with Crippen molar-refractivity contribution in [2.45, 2.75) is 11.8 Å². The van der Waals surface area contributed by atoms with E-state index in [1.807, 2.05) is 0 Å². The van der Waals surface area contributed by atoms with E-state index in [4.69, 9.17) is 10.00 Å². The van der Waals surface area contributed by atoms with Crippen molar-refractivity contribution in [2.75, 3.05) is 19.5 Å². The van der Waals surface area contributed by atoms with E-state index >= 15 is 0 Å². The Kier molecular flexibility index (Phi) is 6.06. The van der Waals surface area contributed by atoms with Crippen molar-refractivity contribution in [2.24, 2.45) is 0 Å². The molecule has 0 atom stereocenters. The van der Waals surface area contributed by atoms with Gasteiger partial charge in [-0.15, -0.1) is 0 Å². The molecule has 2 N–H and O–H groups in total. The molecule has 0 saturated heterocycles. The van der Waals surface area contributed by atoms with Crippen LogP contribution in [0, 0.1) is 18.3 Å². The number of nitriles is 1. The van der Waals surface area contributed by atoms with Crippen LogP contribution in [0.1, 0.15) is 21.7 Å². The van der Waals surface area contributed by atoms with E-state index in [1.54, 1.807) is 10.8 Å². The van der Waals surface area contributed by atoms with Gasteiger partial charge in [0.2, 0.25) is 5.95 Å². The molecule has 1 heterocycles. The van der Waals surface area contributed by atoms with Gasteiger partial charge in [-0.25, -0.2) is 22.7 Å². The molecule has 2 aromatic rings. The number of hydrogen-bond donors (Lipinski definition) is 2. The maximum atomic E-state index is 12.6. The normalized spacial score (nSPS) is 10.5. The average Bonchev–Trinajstić information content (AvgIpc) is 2.65. The first-order valence-electron chi connectivity index (χ1n) is 7.43. The minimum Gasteiger partial charge on any atom is -0.467 e. The number of nitrogens with zero attached hydrogens (tertiary/aromatic N) is 4. The Labute approximate surface area is 159 Å². The second-order valence-electron chi connectivity index (χ2n) is 5.07. The van der Waals surface area contributed by atoms with Crippen molar-refractivity contribution in [1.82, 2.24) is 19.7 Å². The van der Waals surface area contributed by atoms with Crippen molar-refractivity contribution in [1.29, 1.82) is 5.26 Å². The van der Waals surface area contributed by atoms with Gasteiger partial charge in [0.25, 0.3) is 10.0 Å². The molecule has 28 heavy (non-hydrogen) atoms. The molecule has 12 nitrogen and oxygen atoms in total. The zero-order chi connectivity index (χ0) is 20.9. The van der Waals surface area contributed by atoms with E-state index in [0.717, 1.165) is 19.2 Å². The van der Waals surface area contributed by atoms with Gasteiger partial charge in [-0.05, 0) is 25.1 Å². The molecule has 0 aliphatic heterocycles. The summed E-state index contributed by atoms with van der Waals surface area (Å²) in [6.45, 7) is 1.51. The highest BCUT2D eigenvalue weighted by atomic mass is 32.2. The number of esters is 1. The fraction of sp³-hybridized carbons (Fsp3) is 0.200. The number of nitrogens with one attached hydrogen (secondary N) is 2. The molecule has 0 aliphatic rings. The van der Waals surface area contributed by atoms with Crippen molar-refractivity contribution < 1.29 is 27.5 Å². The highest BCUT2D eigenvalue weighted by molar-refractivity contribution is 7.90. The molecule has 146 valence electrons. The molecule has 0 unspecified atom stereocenters. The Bertz CT molecular complexity index is 1080. The summed E-state index contributed by atoms with van der Waals surface area (Å²) >= 11 is 0. The van der Waals surface area contributed by atoms with Crippen molar-refractivity contribution in [3.8, 4) is 12.1 Å². The third-order valence-electron chi connectivity index (χ3n) is 3.17. The topological polar surface area (TPSA) is 173 Å². The van der Waals surface area contributed by atoms with E-state index < -0.39 is 26.9 Å². The number of urea groups is 1. The lowest BCUT2D eigenvalue weighted by Crippen LogP contribution is -2.35. The van der Waals surface area contributed by atoms with Crippen LogP contribution in [0.15, 0.2) is 23.1 Å². The fourth-order valence-electron chi connectivity index (χ4n) is 2.00. The van der Waals surface area contributed by atoms with Crippen LogP contribution in [0.25, 0.3) is 0 Å². The first-order valence-corrected chi connectivity index (χ1v) is 8.91. The Hall–Kier alpha value is -3.79. The molecule has 1 aromatic heterocycles. The van der Waals surface area contributed by atoms with E-state index in [2.05, 4.69) is 25.0 Å². The zero-order valence-electron chi connectivity index (χ0n) is 14.9. The minimum atomic E-state index is -4.54. The largest absolute Gasteiger partial charge is 0.467 e. The Balaban J connectivity index is 2.33. The van der Waals surface area contributed by atoms with E-state index in [0.29, 0.717) is 0 Å². The molecule has 1 aromatic carbocycles. The van der Waals surface area contributed by atoms with Crippen LogP contribution in [0.3, 0.4) is 0 Å². The molecule has 13 heteroatoms. The molecular weight excluding hydrogens is 392 g/mol. The molecule has 0 saturated carbocycles. The first kappa shape index (κ1) is 20.5. The maximum Gasteiger partial charge on any atom is 0.339 e. The van der Waals surface area contributed by atoms with Gasteiger partial charge in [0.15, 0.2) is 0 Å². The number of sulfonamides is 1. The summed E-state index contributed by atoms with van der Waals surface area (Å²) in [5.41, 5.74) is -0.384. The highest BCUT2D eigenvalue weighted by Crippen LogP contribution is 2.19.